The molecule has 0 aromatic heterocycles. The normalized spacial score (nSPS) is 12.5. The van der Waals surface area contributed by atoms with Crippen LogP contribution >= 0.6 is 0 Å². The van der Waals surface area contributed by atoms with Gasteiger partial charge in [0.15, 0.2) is 0 Å². The molecule has 1 N–H and O–H groups in total. The average molecular weight is 239 g/mol. The van der Waals surface area contributed by atoms with Gasteiger partial charge in [-0.15, -0.1) is 0 Å². The van der Waals surface area contributed by atoms with Crippen molar-refractivity contribution in [3.8, 4) is 0 Å². The number of aliphatic hydroxyl groups is 1. The van der Waals surface area contributed by atoms with Crippen LogP contribution in [0, 0.1) is 5.82 Å². The predicted octanol–water partition coefficient (Wildman–Crippen LogP) is 3.51. The van der Waals surface area contributed by atoms with Gasteiger partial charge in [0.05, 0.1) is 6.10 Å². The molecular formula is C14H22FNO. The lowest BCUT2D eigenvalue weighted by Crippen LogP contribution is -2.25. The van der Waals surface area contributed by atoms with Gasteiger partial charge in [0.25, 0.3) is 0 Å². The third kappa shape index (κ3) is 3.70. The number of nitrogens with zero attached hydrogens (tertiary/aromatic N) is 1. The summed E-state index contributed by atoms with van der Waals surface area (Å²) >= 11 is 0. The Hall–Kier alpha value is -1.09. The fourth-order valence-electron chi connectivity index (χ4n) is 1.95. The van der Waals surface area contributed by atoms with Crippen molar-refractivity contribution < 1.29 is 9.50 Å². The standard InChI is InChI=1S/C14H22FNO/c1-4-6-9-16(5-2)14-8-7-12(15)10-13(14)11(3)17/h7-8,10-11,17H,4-6,9H2,1-3H3/t11-/m0/s1. The number of halogens is 1. The fourth-order valence-corrected chi connectivity index (χ4v) is 1.95. The SMILES string of the molecule is CCCCN(CC)c1ccc(F)cc1[C@H](C)O. The first kappa shape index (κ1) is 14.0. The zero-order chi connectivity index (χ0) is 12.8. The van der Waals surface area contributed by atoms with E-state index in [0.717, 1.165) is 31.6 Å². The Morgan fingerprint density at radius 3 is 2.59 bits per heavy atom. The summed E-state index contributed by atoms with van der Waals surface area (Å²) in [6, 6.07) is 4.64. The minimum Gasteiger partial charge on any atom is -0.389 e. The van der Waals surface area contributed by atoms with Crippen molar-refractivity contribution in [1.82, 2.24) is 0 Å². The second-order valence-corrected chi connectivity index (χ2v) is 4.31. The van der Waals surface area contributed by atoms with Gasteiger partial charge in [0.1, 0.15) is 5.82 Å². The van der Waals surface area contributed by atoms with E-state index >= 15 is 0 Å². The average Bonchev–Trinajstić information content (AvgIpc) is 2.31. The van der Waals surface area contributed by atoms with Gasteiger partial charge in [0, 0.05) is 24.3 Å². The highest BCUT2D eigenvalue weighted by Gasteiger charge is 2.13. The van der Waals surface area contributed by atoms with E-state index in [1.807, 2.05) is 0 Å². The fraction of sp³-hybridized carbons (Fsp3) is 0.571. The molecule has 0 bridgehead atoms. The molecule has 0 fully saturated rings. The lowest BCUT2D eigenvalue weighted by Gasteiger charge is -2.26. The molecule has 0 aliphatic heterocycles. The largest absolute Gasteiger partial charge is 0.389 e. The molecule has 0 amide bonds. The van der Waals surface area contributed by atoms with Crippen molar-refractivity contribution in [1.29, 1.82) is 0 Å². The monoisotopic (exact) mass is 239 g/mol. The molecule has 17 heavy (non-hydrogen) atoms. The van der Waals surface area contributed by atoms with Gasteiger partial charge in [-0.3, -0.25) is 0 Å². The third-order valence-corrected chi connectivity index (χ3v) is 2.94. The molecule has 96 valence electrons. The number of anilines is 1. The predicted molar refractivity (Wildman–Crippen MR) is 69.8 cm³/mol. The number of rotatable bonds is 6. The summed E-state index contributed by atoms with van der Waals surface area (Å²) in [7, 11) is 0. The molecule has 1 atom stereocenters. The molecule has 0 saturated carbocycles. The van der Waals surface area contributed by atoms with Crippen LogP contribution in [0.25, 0.3) is 0 Å². The van der Waals surface area contributed by atoms with Gasteiger partial charge < -0.3 is 10.0 Å². The van der Waals surface area contributed by atoms with Crippen LogP contribution in [0.3, 0.4) is 0 Å². The summed E-state index contributed by atoms with van der Waals surface area (Å²) in [5.41, 5.74) is 1.61. The minimum absolute atomic E-state index is 0.295. The zero-order valence-corrected chi connectivity index (χ0v) is 10.9. The van der Waals surface area contributed by atoms with Crippen LogP contribution in [0.15, 0.2) is 18.2 Å². The second kappa shape index (κ2) is 6.60. The highest BCUT2D eigenvalue weighted by molar-refractivity contribution is 5.54. The molecule has 2 nitrogen and oxygen atoms in total. The van der Waals surface area contributed by atoms with Crippen molar-refractivity contribution >= 4 is 5.69 Å². The minimum atomic E-state index is -0.642. The molecule has 0 heterocycles. The number of hydrogen-bond acceptors (Lipinski definition) is 2. The van der Waals surface area contributed by atoms with E-state index in [2.05, 4.69) is 18.7 Å². The summed E-state index contributed by atoms with van der Waals surface area (Å²) < 4.78 is 13.2. The Bertz CT molecular complexity index is 352. The van der Waals surface area contributed by atoms with E-state index in [1.165, 1.54) is 12.1 Å². The van der Waals surface area contributed by atoms with Gasteiger partial charge in [-0.05, 0) is 38.5 Å². The van der Waals surface area contributed by atoms with E-state index in [1.54, 1.807) is 13.0 Å². The van der Waals surface area contributed by atoms with Gasteiger partial charge in [-0.25, -0.2) is 4.39 Å². The Morgan fingerprint density at radius 1 is 1.35 bits per heavy atom. The Balaban J connectivity index is 3.00. The highest BCUT2D eigenvalue weighted by Crippen LogP contribution is 2.27. The molecule has 0 spiro atoms. The number of aliphatic hydroxyl groups excluding tert-OH is 1. The van der Waals surface area contributed by atoms with Crippen molar-refractivity contribution in [3.05, 3.63) is 29.6 Å². The summed E-state index contributed by atoms with van der Waals surface area (Å²) in [5.74, 6) is -0.295. The van der Waals surface area contributed by atoms with Crippen LogP contribution in [0.1, 0.15) is 45.3 Å². The van der Waals surface area contributed by atoms with Crippen molar-refractivity contribution in [2.45, 2.75) is 39.7 Å². The number of unbranched alkanes of at least 4 members (excludes halogenated alkanes) is 1. The highest BCUT2D eigenvalue weighted by atomic mass is 19.1. The molecule has 0 radical (unpaired) electrons. The van der Waals surface area contributed by atoms with Crippen molar-refractivity contribution in [2.24, 2.45) is 0 Å². The molecule has 0 unspecified atom stereocenters. The van der Waals surface area contributed by atoms with Crippen LogP contribution in [-0.4, -0.2) is 18.2 Å². The molecule has 1 aromatic rings. The smallest absolute Gasteiger partial charge is 0.123 e. The second-order valence-electron chi connectivity index (χ2n) is 4.31. The zero-order valence-electron chi connectivity index (χ0n) is 10.9. The van der Waals surface area contributed by atoms with E-state index < -0.39 is 6.10 Å². The number of benzene rings is 1. The Labute approximate surface area is 103 Å². The molecule has 1 rings (SSSR count). The quantitative estimate of drug-likeness (QED) is 0.821. The van der Waals surface area contributed by atoms with Gasteiger partial charge in [-0.1, -0.05) is 13.3 Å². The van der Waals surface area contributed by atoms with Crippen LogP contribution in [0.2, 0.25) is 0 Å². The lowest BCUT2D eigenvalue weighted by atomic mass is 10.1. The van der Waals surface area contributed by atoms with Crippen LogP contribution in [0.4, 0.5) is 10.1 Å². The maximum absolute atomic E-state index is 13.2. The van der Waals surface area contributed by atoms with Crippen LogP contribution < -0.4 is 4.90 Å². The molecule has 1 aromatic carbocycles. The van der Waals surface area contributed by atoms with Gasteiger partial charge >= 0.3 is 0 Å². The van der Waals surface area contributed by atoms with Gasteiger partial charge in [0.2, 0.25) is 0 Å². The molecule has 0 aliphatic rings. The van der Waals surface area contributed by atoms with E-state index in [-0.39, 0.29) is 5.82 Å². The number of hydrogen-bond donors (Lipinski definition) is 1. The van der Waals surface area contributed by atoms with E-state index in [0.29, 0.717) is 5.56 Å². The van der Waals surface area contributed by atoms with E-state index in [4.69, 9.17) is 0 Å². The van der Waals surface area contributed by atoms with Crippen molar-refractivity contribution in [3.63, 3.8) is 0 Å². The van der Waals surface area contributed by atoms with Crippen LogP contribution in [-0.2, 0) is 0 Å². The van der Waals surface area contributed by atoms with Crippen molar-refractivity contribution in [2.75, 3.05) is 18.0 Å². The molecule has 0 saturated heterocycles. The van der Waals surface area contributed by atoms with Gasteiger partial charge in [-0.2, -0.15) is 0 Å². The van der Waals surface area contributed by atoms with E-state index in [9.17, 15) is 9.50 Å². The lowest BCUT2D eigenvalue weighted by molar-refractivity contribution is 0.199. The molecule has 0 aliphatic carbocycles. The molecular weight excluding hydrogens is 217 g/mol. The first-order chi connectivity index (χ1) is 8.10. The molecule has 3 heteroatoms. The van der Waals surface area contributed by atoms with Crippen LogP contribution in [0.5, 0.6) is 0 Å². The first-order valence-corrected chi connectivity index (χ1v) is 6.32. The maximum atomic E-state index is 13.2. The Morgan fingerprint density at radius 2 is 2.06 bits per heavy atom. The first-order valence-electron chi connectivity index (χ1n) is 6.32. The third-order valence-electron chi connectivity index (χ3n) is 2.94. The Kier molecular flexibility index (Phi) is 5.42. The summed E-state index contributed by atoms with van der Waals surface area (Å²) in [4.78, 5) is 2.19. The summed E-state index contributed by atoms with van der Waals surface area (Å²) in [6.07, 6.45) is 1.59. The summed E-state index contributed by atoms with van der Waals surface area (Å²) in [6.45, 7) is 7.70. The topological polar surface area (TPSA) is 23.5 Å². The summed E-state index contributed by atoms with van der Waals surface area (Å²) in [5, 5.41) is 9.71. The maximum Gasteiger partial charge on any atom is 0.123 e.